The summed E-state index contributed by atoms with van der Waals surface area (Å²) in [6.07, 6.45) is 2.94. The summed E-state index contributed by atoms with van der Waals surface area (Å²) in [5, 5.41) is 5.86. The third kappa shape index (κ3) is 7.00. The molecule has 2 aromatic carbocycles. The maximum absolute atomic E-state index is 13.1. The molecule has 0 radical (unpaired) electrons. The Morgan fingerprint density at radius 3 is 2.81 bits per heavy atom. The normalized spacial score (nSPS) is 16.5. The van der Waals surface area contributed by atoms with E-state index in [-0.39, 0.29) is 24.8 Å². The molecule has 10 heteroatoms. The highest BCUT2D eigenvalue weighted by atomic mass is 35.5. The van der Waals surface area contributed by atoms with E-state index in [2.05, 4.69) is 21.3 Å². The number of imidazole rings is 1. The number of aromatic nitrogens is 2. The third-order valence-electron chi connectivity index (χ3n) is 6.64. The number of nitrogens with two attached hydrogens (primary N) is 1. The molecular formula is C27H35ClN6O3. The van der Waals surface area contributed by atoms with Gasteiger partial charge >= 0.3 is 6.03 Å². The fraction of sp³-hybridized carbons (Fsp3) is 0.444. The van der Waals surface area contributed by atoms with Crippen molar-refractivity contribution in [1.29, 1.82) is 0 Å². The average Bonchev–Trinajstić information content (AvgIpc) is 3.28. The number of likely N-dealkylation sites (tertiary alicyclic amines) is 1. The zero-order valence-electron chi connectivity index (χ0n) is 21.2. The number of benzene rings is 2. The number of nitrogens with one attached hydrogen (secondary N) is 2. The van der Waals surface area contributed by atoms with Crippen LogP contribution in [-0.4, -0.2) is 65.8 Å². The van der Waals surface area contributed by atoms with Crippen LogP contribution in [-0.2, 0) is 16.1 Å². The van der Waals surface area contributed by atoms with E-state index in [1.165, 1.54) is 0 Å². The Morgan fingerprint density at radius 2 is 2.00 bits per heavy atom. The number of fused-ring (bicyclic) bond motifs is 1. The molecule has 1 aliphatic rings. The fourth-order valence-corrected chi connectivity index (χ4v) is 4.98. The third-order valence-corrected chi connectivity index (χ3v) is 6.97. The van der Waals surface area contributed by atoms with Gasteiger partial charge in [-0.05, 0) is 43.5 Å². The quantitative estimate of drug-likeness (QED) is 0.346. The minimum atomic E-state index is -0.497. The van der Waals surface area contributed by atoms with Crippen LogP contribution in [0.15, 0.2) is 48.5 Å². The largest absolute Gasteiger partial charge is 0.385 e. The Hall–Kier alpha value is -3.14. The number of rotatable bonds is 10. The van der Waals surface area contributed by atoms with Crippen LogP contribution >= 0.6 is 11.6 Å². The van der Waals surface area contributed by atoms with E-state index in [1.807, 2.05) is 23.1 Å². The van der Waals surface area contributed by atoms with Gasteiger partial charge in [-0.3, -0.25) is 4.79 Å². The van der Waals surface area contributed by atoms with E-state index in [0.717, 1.165) is 42.7 Å². The van der Waals surface area contributed by atoms with Crippen molar-refractivity contribution in [2.75, 3.05) is 38.7 Å². The molecule has 1 aliphatic heterocycles. The molecule has 9 nitrogen and oxygen atoms in total. The molecule has 0 saturated carbocycles. The van der Waals surface area contributed by atoms with Gasteiger partial charge < -0.3 is 30.6 Å². The molecule has 4 rings (SSSR count). The van der Waals surface area contributed by atoms with Gasteiger partial charge in [-0.25, -0.2) is 9.78 Å². The number of aryl methyl sites for hydroxylation is 1. The van der Waals surface area contributed by atoms with Crippen LogP contribution in [0, 0.1) is 0 Å². The van der Waals surface area contributed by atoms with Crippen LogP contribution < -0.4 is 16.4 Å². The van der Waals surface area contributed by atoms with Gasteiger partial charge in [0.2, 0.25) is 5.91 Å². The number of anilines is 1. The highest BCUT2D eigenvalue weighted by Crippen LogP contribution is 2.30. The van der Waals surface area contributed by atoms with Crippen molar-refractivity contribution in [1.82, 2.24) is 19.8 Å². The number of hydrogen-bond acceptors (Lipinski definition) is 5. The van der Waals surface area contributed by atoms with Gasteiger partial charge in [-0.15, -0.1) is 0 Å². The van der Waals surface area contributed by atoms with E-state index >= 15 is 0 Å². The Bertz CT molecular complexity index is 1220. The van der Waals surface area contributed by atoms with Gasteiger partial charge in [0.15, 0.2) is 0 Å². The van der Waals surface area contributed by atoms with Gasteiger partial charge in [0.1, 0.15) is 5.82 Å². The maximum atomic E-state index is 13.1. The summed E-state index contributed by atoms with van der Waals surface area (Å²) < 4.78 is 7.54. The van der Waals surface area contributed by atoms with E-state index in [4.69, 9.17) is 27.1 Å². The zero-order chi connectivity index (χ0) is 26.2. The number of nitrogens with zero attached hydrogens (tertiary/aromatic N) is 3. The Labute approximate surface area is 222 Å². The number of halogens is 1. The first-order valence-corrected chi connectivity index (χ1v) is 13.1. The van der Waals surface area contributed by atoms with E-state index in [0.29, 0.717) is 30.4 Å². The highest BCUT2D eigenvalue weighted by molar-refractivity contribution is 6.33. The summed E-state index contributed by atoms with van der Waals surface area (Å²) in [6.45, 7) is 2.99. The van der Waals surface area contributed by atoms with Gasteiger partial charge in [0.25, 0.3) is 0 Å². The molecule has 3 amide bonds. The first kappa shape index (κ1) is 26.9. The molecule has 37 heavy (non-hydrogen) atoms. The van der Waals surface area contributed by atoms with Crippen LogP contribution in [0.4, 0.5) is 10.5 Å². The van der Waals surface area contributed by atoms with Crippen molar-refractivity contribution >= 4 is 40.3 Å². The van der Waals surface area contributed by atoms with Crippen molar-refractivity contribution in [2.24, 2.45) is 5.73 Å². The minimum absolute atomic E-state index is 0.00689. The van der Waals surface area contributed by atoms with Gasteiger partial charge in [0.05, 0.1) is 21.7 Å². The second-order valence-corrected chi connectivity index (χ2v) is 9.82. The number of methoxy groups -OCH3 is 1. The summed E-state index contributed by atoms with van der Waals surface area (Å²) in [7, 11) is 1.71. The minimum Gasteiger partial charge on any atom is -0.385 e. The predicted octanol–water partition coefficient (Wildman–Crippen LogP) is 3.97. The Kier molecular flexibility index (Phi) is 9.38. The van der Waals surface area contributed by atoms with Crippen molar-refractivity contribution < 1.29 is 14.3 Å². The summed E-state index contributed by atoms with van der Waals surface area (Å²) in [5.41, 5.74) is 8.80. The molecule has 2 heterocycles. The first-order valence-electron chi connectivity index (χ1n) is 12.7. The Balaban J connectivity index is 1.33. The van der Waals surface area contributed by atoms with E-state index in [1.54, 1.807) is 31.4 Å². The topological polar surface area (TPSA) is 115 Å². The van der Waals surface area contributed by atoms with Crippen molar-refractivity contribution in [3.05, 3.63) is 59.4 Å². The fourth-order valence-electron chi connectivity index (χ4n) is 4.80. The first-order chi connectivity index (χ1) is 18.0. The summed E-state index contributed by atoms with van der Waals surface area (Å²) >= 11 is 6.08. The number of ether oxygens (including phenoxy) is 1. The molecule has 0 aliphatic carbocycles. The summed E-state index contributed by atoms with van der Waals surface area (Å²) in [5.74, 6) is 1.17. The van der Waals surface area contributed by atoms with Crippen LogP contribution in [0.25, 0.3) is 11.0 Å². The molecule has 1 aromatic heterocycles. The molecule has 3 aromatic rings. The molecule has 0 bridgehead atoms. The van der Waals surface area contributed by atoms with Crippen molar-refractivity contribution in [3.8, 4) is 0 Å². The number of carbonyl (C=O) groups excluding carboxylic acids is 2. The van der Waals surface area contributed by atoms with E-state index < -0.39 is 12.1 Å². The molecular weight excluding hydrogens is 492 g/mol. The van der Waals surface area contributed by atoms with Crippen LogP contribution in [0.1, 0.15) is 37.4 Å². The molecule has 1 fully saturated rings. The number of para-hydroxylation sites is 3. The summed E-state index contributed by atoms with van der Waals surface area (Å²) in [4.78, 5) is 32.1. The molecule has 1 saturated heterocycles. The number of carbonyl (C=O) groups is 2. The highest BCUT2D eigenvalue weighted by Gasteiger charge is 2.29. The molecule has 0 spiro atoms. The molecule has 2 unspecified atom stereocenters. The van der Waals surface area contributed by atoms with Crippen LogP contribution in [0.5, 0.6) is 0 Å². The smallest absolute Gasteiger partial charge is 0.319 e. The van der Waals surface area contributed by atoms with Crippen molar-refractivity contribution in [2.45, 2.75) is 44.2 Å². The van der Waals surface area contributed by atoms with E-state index in [9.17, 15) is 9.59 Å². The number of piperidine rings is 1. The lowest BCUT2D eigenvalue weighted by Gasteiger charge is -2.33. The lowest BCUT2D eigenvalue weighted by atomic mass is 9.96. The van der Waals surface area contributed by atoms with Crippen molar-refractivity contribution in [3.63, 3.8) is 0 Å². The molecule has 4 N–H and O–H groups in total. The maximum Gasteiger partial charge on any atom is 0.319 e. The number of urea groups is 1. The van der Waals surface area contributed by atoms with Crippen LogP contribution in [0.2, 0.25) is 5.02 Å². The summed E-state index contributed by atoms with van der Waals surface area (Å²) in [6, 6.07) is 14.2. The lowest BCUT2D eigenvalue weighted by molar-refractivity contribution is -0.132. The SMILES string of the molecule is COCCCn1c(C2CCCN(C(=O)CC(N)CNC(=O)Nc3ccccc3Cl)C2)nc2ccccc21. The Morgan fingerprint density at radius 1 is 1.22 bits per heavy atom. The lowest BCUT2D eigenvalue weighted by Crippen LogP contribution is -2.45. The predicted molar refractivity (Wildman–Crippen MR) is 146 cm³/mol. The average molecular weight is 527 g/mol. The van der Waals surface area contributed by atoms with Gasteiger partial charge in [0, 0.05) is 58.3 Å². The van der Waals surface area contributed by atoms with Gasteiger partial charge in [-0.1, -0.05) is 35.9 Å². The second-order valence-electron chi connectivity index (χ2n) is 9.41. The number of hydrogen-bond donors (Lipinski definition) is 3. The standard InChI is InChI=1S/C27H35ClN6O3/c1-37-15-7-14-34-24-12-5-4-11-23(24)31-26(34)19-8-6-13-33(18-19)25(35)16-20(29)17-30-27(36)32-22-10-3-2-9-21(22)28/h2-5,9-12,19-20H,6-8,13-18,29H2,1H3,(H2,30,32,36). The van der Waals surface area contributed by atoms with Gasteiger partial charge in [-0.2, -0.15) is 0 Å². The monoisotopic (exact) mass is 526 g/mol. The van der Waals surface area contributed by atoms with Crippen LogP contribution in [0.3, 0.4) is 0 Å². The molecule has 198 valence electrons. The number of amides is 3. The molecule has 2 atom stereocenters. The zero-order valence-corrected chi connectivity index (χ0v) is 21.9. The second kappa shape index (κ2) is 12.9.